The zero-order valence-electron chi connectivity index (χ0n) is 10.2. The van der Waals surface area contributed by atoms with Crippen molar-refractivity contribution in [1.82, 2.24) is 14.3 Å². The molecule has 0 aliphatic heterocycles. The quantitative estimate of drug-likeness (QED) is 0.860. The van der Waals surface area contributed by atoms with Crippen LogP contribution in [-0.4, -0.2) is 31.6 Å². The summed E-state index contributed by atoms with van der Waals surface area (Å²) in [6.07, 6.45) is 2.35. The summed E-state index contributed by atoms with van der Waals surface area (Å²) in [5.41, 5.74) is 0.575. The standard InChI is InChI=1S/C11H14Cl2N4S/c1-3-11(4-12,5-13)16-9-8-7(2)17-18-10(8)15-6-14-9/h6H,3-5H2,1-2H3,(H,14,15,16). The second kappa shape index (κ2) is 5.55. The van der Waals surface area contributed by atoms with Crippen LogP contribution < -0.4 is 5.32 Å². The van der Waals surface area contributed by atoms with Crippen molar-refractivity contribution in [1.29, 1.82) is 0 Å². The summed E-state index contributed by atoms with van der Waals surface area (Å²) in [7, 11) is 0. The van der Waals surface area contributed by atoms with E-state index in [1.807, 2.05) is 6.92 Å². The highest BCUT2D eigenvalue weighted by molar-refractivity contribution is 7.13. The average molecular weight is 305 g/mol. The van der Waals surface area contributed by atoms with Crippen molar-refractivity contribution in [3.8, 4) is 0 Å². The molecule has 1 N–H and O–H groups in total. The first-order valence-electron chi connectivity index (χ1n) is 5.63. The van der Waals surface area contributed by atoms with E-state index >= 15 is 0 Å². The minimum Gasteiger partial charge on any atom is -0.362 e. The summed E-state index contributed by atoms with van der Waals surface area (Å²) < 4.78 is 4.30. The molecule has 7 heteroatoms. The zero-order chi connectivity index (χ0) is 13.2. The van der Waals surface area contributed by atoms with Gasteiger partial charge in [-0.25, -0.2) is 9.97 Å². The Bertz CT molecular complexity index is 531. The van der Waals surface area contributed by atoms with Gasteiger partial charge >= 0.3 is 0 Å². The zero-order valence-corrected chi connectivity index (χ0v) is 12.5. The highest BCUT2D eigenvalue weighted by atomic mass is 35.5. The lowest BCUT2D eigenvalue weighted by atomic mass is 10.0. The predicted octanol–water partition coefficient (Wildman–Crippen LogP) is 3.43. The predicted molar refractivity (Wildman–Crippen MR) is 78.0 cm³/mol. The first-order chi connectivity index (χ1) is 8.65. The van der Waals surface area contributed by atoms with Gasteiger partial charge in [0.25, 0.3) is 0 Å². The normalized spacial score (nSPS) is 12.0. The molecule has 2 heterocycles. The molecule has 0 amide bonds. The molecule has 0 atom stereocenters. The summed E-state index contributed by atoms with van der Waals surface area (Å²) >= 11 is 13.4. The summed E-state index contributed by atoms with van der Waals surface area (Å²) in [6, 6.07) is 0. The van der Waals surface area contributed by atoms with Crippen LogP contribution in [0.2, 0.25) is 0 Å². The second-order valence-electron chi connectivity index (χ2n) is 4.20. The Hall–Kier alpha value is -0.650. The molecule has 0 aliphatic carbocycles. The van der Waals surface area contributed by atoms with Crippen LogP contribution in [0.25, 0.3) is 10.2 Å². The molecule has 2 rings (SSSR count). The maximum atomic E-state index is 6.04. The van der Waals surface area contributed by atoms with Crippen LogP contribution in [0.1, 0.15) is 19.0 Å². The van der Waals surface area contributed by atoms with Gasteiger partial charge in [-0.05, 0) is 24.9 Å². The first-order valence-corrected chi connectivity index (χ1v) is 7.47. The molecule has 0 spiro atoms. The largest absolute Gasteiger partial charge is 0.362 e. The molecule has 0 aromatic carbocycles. The minimum atomic E-state index is -0.348. The van der Waals surface area contributed by atoms with Gasteiger partial charge in [-0.3, -0.25) is 0 Å². The van der Waals surface area contributed by atoms with Gasteiger partial charge in [-0.15, -0.1) is 23.2 Å². The second-order valence-corrected chi connectivity index (χ2v) is 5.48. The van der Waals surface area contributed by atoms with Crippen LogP contribution in [-0.2, 0) is 0 Å². The van der Waals surface area contributed by atoms with Crippen molar-refractivity contribution in [2.24, 2.45) is 0 Å². The van der Waals surface area contributed by atoms with Crippen LogP contribution in [0, 0.1) is 6.92 Å². The molecule has 0 aliphatic rings. The number of nitrogens with zero attached hydrogens (tertiary/aromatic N) is 3. The smallest absolute Gasteiger partial charge is 0.149 e. The first kappa shape index (κ1) is 13.8. The Kier molecular flexibility index (Phi) is 4.25. The Morgan fingerprint density at radius 3 is 2.67 bits per heavy atom. The van der Waals surface area contributed by atoms with E-state index in [1.54, 1.807) is 0 Å². The number of halogens is 2. The van der Waals surface area contributed by atoms with E-state index in [9.17, 15) is 0 Å². The van der Waals surface area contributed by atoms with Gasteiger partial charge in [0.15, 0.2) is 0 Å². The van der Waals surface area contributed by atoms with Gasteiger partial charge in [0.2, 0.25) is 0 Å². The summed E-state index contributed by atoms with van der Waals surface area (Å²) in [5.74, 6) is 1.61. The van der Waals surface area contributed by atoms with Gasteiger partial charge in [0.1, 0.15) is 17.0 Å². The van der Waals surface area contributed by atoms with E-state index in [-0.39, 0.29) is 5.54 Å². The molecular weight excluding hydrogens is 291 g/mol. The third kappa shape index (κ3) is 2.39. The number of rotatable bonds is 5. The molecular formula is C11H14Cl2N4S. The van der Waals surface area contributed by atoms with Crippen molar-refractivity contribution in [3.05, 3.63) is 12.0 Å². The number of hydrogen-bond acceptors (Lipinski definition) is 5. The molecule has 2 aromatic heterocycles. The molecule has 2 aromatic rings. The molecule has 0 saturated carbocycles. The fourth-order valence-electron chi connectivity index (χ4n) is 1.65. The van der Waals surface area contributed by atoms with Crippen molar-refractivity contribution in [2.45, 2.75) is 25.8 Å². The number of fused-ring (bicyclic) bond motifs is 1. The van der Waals surface area contributed by atoms with Crippen LogP contribution in [0.5, 0.6) is 0 Å². The monoisotopic (exact) mass is 304 g/mol. The molecule has 0 unspecified atom stereocenters. The maximum Gasteiger partial charge on any atom is 0.149 e. The van der Waals surface area contributed by atoms with Crippen LogP contribution in [0.15, 0.2) is 6.33 Å². The number of hydrogen-bond donors (Lipinski definition) is 1. The van der Waals surface area contributed by atoms with E-state index < -0.39 is 0 Å². The lowest BCUT2D eigenvalue weighted by Gasteiger charge is -2.30. The number of alkyl halides is 2. The Labute approximate surface area is 120 Å². The summed E-state index contributed by atoms with van der Waals surface area (Å²) in [6.45, 7) is 4.00. The lowest BCUT2D eigenvalue weighted by Crippen LogP contribution is -2.42. The minimum absolute atomic E-state index is 0.348. The Morgan fingerprint density at radius 1 is 1.33 bits per heavy atom. The highest BCUT2D eigenvalue weighted by Gasteiger charge is 2.27. The van der Waals surface area contributed by atoms with Crippen LogP contribution in [0.3, 0.4) is 0 Å². The molecule has 4 nitrogen and oxygen atoms in total. The van der Waals surface area contributed by atoms with Crippen LogP contribution in [0.4, 0.5) is 5.82 Å². The summed E-state index contributed by atoms with van der Waals surface area (Å²) in [5, 5.41) is 4.32. The molecule has 18 heavy (non-hydrogen) atoms. The molecule has 0 fully saturated rings. The molecule has 0 bridgehead atoms. The van der Waals surface area contributed by atoms with Gasteiger partial charge in [-0.1, -0.05) is 6.92 Å². The lowest BCUT2D eigenvalue weighted by molar-refractivity contribution is 0.558. The van der Waals surface area contributed by atoms with E-state index in [0.717, 1.165) is 28.1 Å². The maximum absolute atomic E-state index is 6.04. The van der Waals surface area contributed by atoms with Crippen LogP contribution >= 0.6 is 34.7 Å². The fourth-order valence-corrected chi connectivity index (χ4v) is 3.19. The van der Waals surface area contributed by atoms with Gasteiger partial charge < -0.3 is 5.32 Å². The van der Waals surface area contributed by atoms with Crippen molar-refractivity contribution in [2.75, 3.05) is 17.1 Å². The van der Waals surface area contributed by atoms with Crippen molar-refractivity contribution >= 4 is 50.8 Å². The SMILES string of the molecule is CCC(CCl)(CCl)Nc1ncnc2snc(C)c12. The van der Waals surface area contributed by atoms with Crippen molar-refractivity contribution in [3.63, 3.8) is 0 Å². The van der Waals surface area contributed by atoms with Gasteiger partial charge in [0.05, 0.1) is 16.6 Å². The van der Waals surface area contributed by atoms with E-state index in [2.05, 4.69) is 26.6 Å². The number of nitrogens with one attached hydrogen (secondary N) is 1. The topological polar surface area (TPSA) is 50.7 Å². The van der Waals surface area contributed by atoms with E-state index in [4.69, 9.17) is 23.2 Å². The third-order valence-corrected chi connectivity index (χ3v) is 4.89. The van der Waals surface area contributed by atoms with Gasteiger partial charge in [-0.2, -0.15) is 4.37 Å². The van der Waals surface area contributed by atoms with Crippen molar-refractivity contribution < 1.29 is 0 Å². The molecule has 0 radical (unpaired) electrons. The van der Waals surface area contributed by atoms with Gasteiger partial charge in [0, 0.05) is 11.8 Å². The van der Waals surface area contributed by atoms with E-state index in [0.29, 0.717) is 11.8 Å². The van der Waals surface area contributed by atoms with E-state index in [1.165, 1.54) is 17.9 Å². The molecule has 0 saturated heterocycles. The Morgan fingerprint density at radius 2 is 2.06 bits per heavy atom. The highest BCUT2D eigenvalue weighted by Crippen LogP contribution is 2.29. The number of aromatic nitrogens is 3. The number of anilines is 1. The molecule has 98 valence electrons. The summed E-state index contributed by atoms with van der Waals surface area (Å²) in [4.78, 5) is 9.38. The number of aryl methyl sites for hydroxylation is 1. The Balaban J connectivity index is 2.45. The third-order valence-electron chi connectivity index (χ3n) is 3.02. The fraction of sp³-hybridized carbons (Fsp3) is 0.545. The average Bonchev–Trinajstić information content (AvgIpc) is 2.79.